The first kappa shape index (κ1) is 16.5. The smallest absolute Gasteiger partial charge is 0.319 e. The minimum atomic E-state index is -0.553. The largest absolute Gasteiger partial charge is 0.491 e. The normalized spacial score (nSPS) is 21.2. The van der Waals surface area contributed by atoms with Crippen LogP contribution in [-0.2, 0) is 0 Å². The number of hydrogen-bond acceptors (Lipinski definition) is 3. The topological polar surface area (TPSA) is 70.6 Å². The summed E-state index contributed by atoms with van der Waals surface area (Å²) in [6.07, 6.45) is 3.99. The van der Waals surface area contributed by atoms with Crippen molar-refractivity contribution in [3.05, 3.63) is 24.3 Å². The summed E-state index contributed by atoms with van der Waals surface area (Å²) in [4.78, 5) is 12.1. The lowest BCUT2D eigenvalue weighted by atomic mass is 9.85. The number of hydrogen-bond donors (Lipinski definition) is 3. The molecule has 0 bridgehead atoms. The lowest BCUT2D eigenvalue weighted by Crippen LogP contribution is -2.45. The molecule has 0 spiro atoms. The molecule has 2 amide bonds. The van der Waals surface area contributed by atoms with Crippen molar-refractivity contribution in [2.45, 2.75) is 31.7 Å². The summed E-state index contributed by atoms with van der Waals surface area (Å²) in [6, 6.07) is 6.55. The number of nitrogens with one attached hydrogen (secondary N) is 2. The number of alkyl halides is 1. The second kappa shape index (κ2) is 8.58. The fraction of sp³-hybridized carbons (Fsp3) is 0.562. The monoisotopic (exact) mass is 310 g/mol. The Morgan fingerprint density at radius 2 is 2.18 bits per heavy atom. The van der Waals surface area contributed by atoms with Crippen LogP contribution in [0.2, 0.25) is 0 Å². The lowest BCUT2D eigenvalue weighted by molar-refractivity contribution is 0.156. The van der Waals surface area contributed by atoms with Gasteiger partial charge in [-0.25, -0.2) is 9.18 Å². The Kier molecular flexibility index (Phi) is 6.45. The molecule has 0 aliphatic heterocycles. The summed E-state index contributed by atoms with van der Waals surface area (Å²) in [5.41, 5.74) is 0.588. The highest BCUT2D eigenvalue weighted by Crippen LogP contribution is 2.24. The molecular weight excluding hydrogens is 287 g/mol. The number of benzene rings is 1. The molecule has 1 saturated carbocycles. The van der Waals surface area contributed by atoms with Crippen LogP contribution in [0.15, 0.2) is 24.3 Å². The van der Waals surface area contributed by atoms with Crippen LogP contribution in [0.5, 0.6) is 5.75 Å². The fourth-order valence-electron chi connectivity index (χ4n) is 2.77. The van der Waals surface area contributed by atoms with Crippen LogP contribution in [0.25, 0.3) is 0 Å². The van der Waals surface area contributed by atoms with Crippen molar-refractivity contribution in [1.82, 2.24) is 5.32 Å². The molecule has 0 radical (unpaired) electrons. The number of urea groups is 1. The Balaban J connectivity index is 1.88. The van der Waals surface area contributed by atoms with Crippen molar-refractivity contribution in [3.63, 3.8) is 0 Å². The van der Waals surface area contributed by atoms with E-state index in [1.165, 1.54) is 0 Å². The van der Waals surface area contributed by atoms with Crippen molar-refractivity contribution in [1.29, 1.82) is 0 Å². The predicted molar refractivity (Wildman–Crippen MR) is 82.9 cm³/mol. The predicted octanol–water partition coefficient (Wildman–Crippen LogP) is 2.71. The Bertz CT molecular complexity index is 484. The number of anilines is 1. The van der Waals surface area contributed by atoms with Gasteiger partial charge < -0.3 is 20.5 Å². The zero-order valence-corrected chi connectivity index (χ0v) is 12.6. The molecule has 2 atom stereocenters. The van der Waals surface area contributed by atoms with Crippen LogP contribution in [0, 0.1) is 5.92 Å². The molecule has 1 fully saturated rings. The van der Waals surface area contributed by atoms with Crippen molar-refractivity contribution in [2.24, 2.45) is 5.92 Å². The van der Waals surface area contributed by atoms with Gasteiger partial charge in [0.25, 0.3) is 0 Å². The third-order valence-corrected chi connectivity index (χ3v) is 3.90. The van der Waals surface area contributed by atoms with Gasteiger partial charge in [-0.3, -0.25) is 0 Å². The van der Waals surface area contributed by atoms with Crippen LogP contribution in [0.1, 0.15) is 25.7 Å². The third-order valence-electron chi connectivity index (χ3n) is 3.90. The Morgan fingerprint density at radius 3 is 2.95 bits per heavy atom. The van der Waals surface area contributed by atoms with Gasteiger partial charge in [0.2, 0.25) is 0 Å². The van der Waals surface area contributed by atoms with Crippen molar-refractivity contribution in [3.8, 4) is 5.75 Å². The summed E-state index contributed by atoms with van der Waals surface area (Å²) in [5, 5.41) is 15.0. The number of aliphatic hydroxyl groups is 1. The molecule has 6 heteroatoms. The van der Waals surface area contributed by atoms with E-state index in [4.69, 9.17) is 4.74 Å². The SMILES string of the molecule is O=C(Nc1cccc(OCCF)c1)NC1CCCCC1CO. The first-order valence-corrected chi connectivity index (χ1v) is 7.70. The number of carbonyl (C=O) groups excluding carboxylic acids is 1. The molecule has 0 saturated heterocycles. The van der Waals surface area contributed by atoms with E-state index in [-0.39, 0.29) is 31.2 Å². The fourth-order valence-corrected chi connectivity index (χ4v) is 2.77. The molecule has 5 nitrogen and oxygen atoms in total. The molecule has 122 valence electrons. The zero-order valence-electron chi connectivity index (χ0n) is 12.6. The Hall–Kier alpha value is -1.82. The Morgan fingerprint density at radius 1 is 1.36 bits per heavy atom. The van der Waals surface area contributed by atoms with Gasteiger partial charge in [0.1, 0.15) is 19.0 Å². The summed E-state index contributed by atoms with van der Waals surface area (Å²) in [6.45, 7) is -0.463. The second-order valence-corrected chi connectivity index (χ2v) is 5.50. The van der Waals surface area contributed by atoms with Crippen molar-refractivity contribution in [2.75, 3.05) is 25.2 Å². The maximum Gasteiger partial charge on any atom is 0.319 e. The van der Waals surface area contributed by atoms with E-state index in [1.54, 1.807) is 24.3 Å². The average Bonchev–Trinajstić information content (AvgIpc) is 2.53. The van der Waals surface area contributed by atoms with E-state index in [0.717, 1.165) is 25.7 Å². The highest BCUT2D eigenvalue weighted by Gasteiger charge is 2.25. The third kappa shape index (κ3) is 4.87. The highest BCUT2D eigenvalue weighted by atomic mass is 19.1. The minimum absolute atomic E-state index is 0.00406. The molecule has 1 aromatic carbocycles. The van der Waals surface area contributed by atoms with Crippen LogP contribution in [0.4, 0.5) is 14.9 Å². The highest BCUT2D eigenvalue weighted by molar-refractivity contribution is 5.89. The molecule has 0 heterocycles. The maximum absolute atomic E-state index is 12.1. The molecule has 1 aliphatic carbocycles. The molecule has 1 aromatic rings. The van der Waals surface area contributed by atoms with Crippen LogP contribution < -0.4 is 15.4 Å². The molecule has 1 aliphatic rings. The van der Waals surface area contributed by atoms with Gasteiger partial charge in [0.15, 0.2) is 0 Å². The van der Waals surface area contributed by atoms with Crippen LogP contribution in [0.3, 0.4) is 0 Å². The average molecular weight is 310 g/mol. The van der Waals surface area contributed by atoms with E-state index in [1.807, 2.05) is 0 Å². The zero-order chi connectivity index (χ0) is 15.8. The number of aliphatic hydroxyl groups excluding tert-OH is 1. The van der Waals surface area contributed by atoms with Gasteiger partial charge in [-0.15, -0.1) is 0 Å². The van der Waals surface area contributed by atoms with E-state index in [2.05, 4.69) is 10.6 Å². The summed E-state index contributed by atoms with van der Waals surface area (Å²) >= 11 is 0. The number of halogens is 1. The van der Waals surface area contributed by atoms with Gasteiger partial charge in [0.05, 0.1) is 0 Å². The summed E-state index contributed by atoms with van der Waals surface area (Å²) < 4.78 is 17.3. The second-order valence-electron chi connectivity index (χ2n) is 5.50. The molecule has 0 aromatic heterocycles. The molecular formula is C16H23FN2O3. The number of amides is 2. The number of rotatable bonds is 6. The molecule has 2 unspecified atom stereocenters. The first-order valence-electron chi connectivity index (χ1n) is 7.70. The van der Waals surface area contributed by atoms with E-state index >= 15 is 0 Å². The van der Waals surface area contributed by atoms with Gasteiger partial charge in [-0.05, 0) is 25.0 Å². The number of carbonyl (C=O) groups is 1. The van der Waals surface area contributed by atoms with Crippen molar-refractivity contribution >= 4 is 11.7 Å². The maximum atomic E-state index is 12.1. The van der Waals surface area contributed by atoms with E-state index in [9.17, 15) is 14.3 Å². The summed E-state index contributed by atoms with van der Waals surface area (Å²) in [5.74, 6) is 0.639. The van der Waals surface area contributed by atoms with Gasteiger partial charge in [0, 0.05) is 30.3 Å². The van der Waals surface area contributed by atoms with Crippen LogP contribution in [-0.4, -0.2) is 37.1 Å². The van der Waals surface area contributed by atoms with E-state index in [0.29, 0.717) is 11.4 Å². The molecule has 3 N–H and O–H groups in total. The van der Waals surface area contributed by atoms with E-state index < -0.39 is 6.67 Å². The lowest BCUT2D eigenvalue weighted by Gasteiger charge is -2.30. The van der Waals surface area contributed by atoms with Crippen LogP contribution >= 0.6 is 0 Å². The Labute approximate surface area is 129 Å². The summed E-state index contributed by atoms with van der Waals surface area (Å²) in [7, 11) is 0. The van der Waals surface area contributed by atoms with Crippen molar-refractivity contribution < 1.29 is 19.0 Å². The minimum Gasteiger partial charge on any atom is -0.491 e. The van der Waals surface area contributed by atoms with Gasteiger partial charge in [-0.1, -0.05) is 18.9 Å². The molecule has 22 heavy (non-hydrogen) atoms. The van der Waals surface area contributed by atoms with Gasteiger partial charge in [-0.2, -0.15) is 0 Å². The first-order chi connectivity index (χ1) is 10.7. The molecule has 2 rings (SSSR count). The quantitative estimate of drug-likeness (QED) is 0.756. The number of ether oxygens (including phenoxy) is 1. The van der Waals surface area contributed by atoms with Gasteiger partial charge >= 0.3 is 6.03 Å². The standard InChI is InChI=1S/C16H23FN2O3/c17-8-9-22-14-6-3-5-13(10-14)18-16(21)19-15-7-2-1-4-12(15)11-20/h3,5-6,10,12,15,20H,1-2,4,7-9,11H2,(H2,18,19,21).